The van der Waals surface area contributed by atoms with Crippen LogP contribution in [-0.2, 0) is 16.1 Å². The van der Waals surface area contributed by atoms with Gasteiger partial charge in [-0.1, -0.05) is 24.3 Å². The van der Waals surface area contributed by atoms with E-state index in [2.05, 4.69) is 42.9 Å². The molecule has 0 aliphatic carbocycles. The summed E-state index contributed by atoms with van der Waals surface area (Å²) in [5, 5.41) is 18.0. The van der Waals surface area contributed by atoms with Crippen molar-refractivity contribution in [2.24, 2.45) is 0 Å². The molecule has 3 heterocycles. The minimum atomic E-state index is -0.517. The fourth-order valence-corrected chi connectivity index (χ4v) is 5.44. The second kappa shape index (κ2) is 13.5. The van der Waals surface area contributed by atoms with Crippen molar-refractivity contribution < 1.29 is 9.59 Å². The SMILES string of the molecule is CCNC(=O)C(C#N)=c1sc(=CNc2cccc(NC(=O)CN3CCN(c4ccccc4)CC3)n2)c(=O)n1CC. The molecule has 0 atom stereocenters. The Morgan fingerprint density at radius 2 is 1.77 bits per heavy atom. The Balaban J connectivity index is 1.40. The maximum atomic E-state index is 12.9. The van der Waals surface area contributed by atoms with E-state index in [1.165, 1.54) is 16.5 Å². The number of carbonyl (C=O) groups is 2. The Kier molecular flexibility index (Phi) is 9.66. The third-order valence-corrected chi connectivity index (χ3v) is 7.47. The first kappa shape index (κ1) is 28.5. The summed E-state index contributed by atoms with van der Waals surface area (Å²) >= 11 is 1.06. The van der Waals surface area contributed by atoms with Gasteiger partial charge in [-0.2, -0.15) is 5.26 Å². The molecule has 40 heavy (non-hydrogen) atoms. The Bertz CT molecular complexity index is 1570. The van der Waals surface area contributed by atoms with E-state index in [1.54, 1.807) is 32.0 Å². The average molecular weight is 561 g/mol. The lowest BCUT2D eigenvalue weighted by Crippen LogP contribution is -2.48. The van der Waals surface area contributed by atoms with E-state index < -0.39 is 5.91 Å². The number of rotatable bonds is 9. The normalized spacial score (nSPS) is 14.8. The van der Waals surface area contributed by atoms with Gasteiger partial charge in [0.25, 0.3) is 11.5 Å². The first-order valence-electron chi connectivity index (χ1n) is 13.1. The highest BCUT2D eigenvalue weighted by Crippen LogP contribution is 2.15. The summed E-state index contributed by atoms with van der Waals surface area (Å²) in [7, 11) is 0. The van der Waals surface area contributed by atoms with Crippen LogP contribution in [-0.4, -0.2) is 65.5 Å². The molecule has 2 aromatic heterocycles. The molecule has 1 aliphatic rings. The molecule has 1 aliphatic heterocycles. The van der Waals surface area contributed by atoms with Crippen LogP contribution >= 0.6 is 11.3 Å². The van der Waals surface area contributed by atoms with E-state index in [1.807, 2.05) is 24.3 Å². The molecule has 3 N–H and O–H groups in total. The summed E-state index contributed by atoms with van der Waals surface area (Å²) in [6.45, 7) is 7.76. The van der Waals surface area contributed by atoms with Gasteiger partial charge in [0.05, 0.1) is 6.54 Å². The number of thiazole rings is 1. The summed E-state index contributed by atoms with van der Waals surface area (Å²) in [6.07, 6.45) is 1.50. The minimum absolute atomic E-state index is 0.102. The van der Waals surface area contributed by atoms with Crippen molar-refractivity contribution in [3.63, 3.8) is 0 Å². The van der Waals surface area contributed by atoms with Crippen LogP contribution in [0.25, 0.3) is 11.8 Å². The molecule has 2 amide bonds. The largest absolute Gasteiger partial charge is 0.369 e. The molecule has 1 aromatic carbocycles. The fraction of sp³-hybridized carbons (Fsp3) is 0.321. The fourth-order valence-electron chi connectivity index (χ4n) is 4.35. The highest BCUT2D eigenvalue weighted by atomic mass is 32.1. The van der Waals surface area contributed by atoms with Gasteiger partial charge >= 0.3 is 0 Å². The van der Waals surface area contributed by atoms with Crippen molar-refractivity contribution in [2.45, 2.75) is 20.4 Å². The molecule has 4 rings (SSSR count). The molecular formula is C28H32N8O3S. The molecule has 3 aromatic rings. The van der Waals surface area contributed by atoms with Gasteiger partial charge < -0.3 is 20.9 Å². The van der Waals surface area contributed by atoms with Crippen LogP contribution in [0.1, 0.15) is 13.8 Å². The zero-order chi connectivity index (χ0) is 28.5. The van der Waals surface area contributed by atoms with Gasteiger partial charge in [-0.15, -0.1) is 11.3 Å². The Morgan fingerprint density at radius 1 is 1.05 bits per heavy atom. The molecule has 1 saturated heterocycles. The van der Waals surface area contributed by atoms with Gasteiger partial charge in [-0.05, 0) is 38.1 Å². The number of hydrogen-bond donors (Lipinski definition) is 3. The summed E-state index contributed by atoms with van der Waals surface area (Å²) < 4.78 is 2.02. The maximum absolute atomic E-state index is 12.9. The molecule has 12 heteroatoms. The van der Waals surface area contributed by atoms with Crippen molar-refractivity contribution in [2.75, 3.05) is 54.8 Å². The number of piperazine rings is 1. The number of aromatic nitrogens is 2. The van der Waals surface area contributed by atoms with Crippen LogP contribution in [0.2, 0.25) is 0 Å². The van der Waals surface area contributed by atoms with Crippen LogP contribution in [0.5, 0.6) is 0 Å². The molecule has 0 spiro atoms. The van der Waals surface area contributed by atoms with Gasteiger partial charge in [0.2, 0.25) is 5.91 Å². The number of para-hydroxylation sites is 1. The molecular weight excluding hydrogens is 528 g/mol. The number of benzene rings is 1. The second-order valence-electron chi connectivity index (χ2n) is 9.01. The number of nitrogens with zero attached hydrogens (tertiary/aromatic N) is 5. The number of carbonyl (C=O) groups excluding carboxylic acids is 2. The van der Waals surface area contributed by atoms with E-state index in [9.17, 15) is 19.6 Å². The number of nitrogens with one attached hydrogen (secondary N) is 3. The average Bonchev–Trinajstić information content (AvgIpc) is 3.28. The molecule has 0 radical (unpaired) electrons. The second-order valence-corrected chi connectivity index (χ2v) is 10.0. The minimum Gasteiger partial charge on any atom is -0.369 e. The molecule has 11 nitrogen and oxygen atoms in total. The van der Waals surface area contributed by atoms with Crippen LogP contribution in [0.4, 0.5) is 17.3 Å². The van der Waals surface area contributed by atoms with Crippen LogP contribution in [0.3, 0.4) is 0 Å². The molecule has 0 unspecified atom stereocenters. The standard InChI is InChI=1S/C28H32N8O3S/c1-3-30-26(38)21(17-29)28-36(4-2)27(39)22(40-28)18-31-23-11-8-12-24(32-23)33-25(37)19-34-13-15-35(16-14-34)20-9-6-5-7-10-20/h5-12,18H,3-4,13-16,19H2,1-2H3,(H,30,38)(H2,31,32,33,37). The topological polar surface area (TPSA) is 135 Å². The summed E-state index contributed by atoms with van der Waals surface area (Å²) in [6, 6.07) is 17.3. The van der Waals surface area contributed by atoms with Crippen LogP contribution in [0, 0.1) is 11.3 Å². The zero-order valence-electron chi connectivity index (χ0n) is 22.5. The highest BCUT2D eigenvalue weighted by molar-refractivity contribution is 7.07. The lowest BCUT2D eigenvalue weighted by atomic mass is 10.2. The van der Waals surface area contributed by atoms with Crippen molar-refractivity contribution in [1.82, 2.24) is 19.8 Å². The van der Waals surface area contributed by atoms with E-state index in [4.69, 9.17) is 0 Å². The number of hydrogen-bond acceptors (Lipinski definition) is 9. The molecule has 208 valence electrons. The third kappa shape index (κ3) is 6.93. The Hall–Kier alpha value is -4.47. The first-order valence-corrected chi connectivity index (χ1v) is 13.9. The lowest BCUT2D eigenvalue weighted by Gasteiger charge is -2.35. The predicted molar refractivity (Wildman–Crippen MR) is 157 cm³/mol. The number of pyridine rings is 1. The molecule has 1 fully saturated rings. The van der Waals surface area contributed by atoms with Crippen molar-refractivity contribution in [3.05, 3.63) is 68.1 Å². The number of anilines is 3. The molecule has 0 bridgehead atoms. The monoisotopic (exact) mass is 560 g/mol. The van der Waals surface area contributed by atoms with Crippen molar-refractivity contribution in [1.29, 1.82) is 5.26 Å². The quantitative estimate of drug-likeness (QED) is 0.349. The Labute approximate surface area is 236 Å². The lowest BCUT2D eigenvalue weighted by molar-refractivity contribution is -0.117. The summed E-state index contributed by atoms with van der Waals surface area (Å²) in [4.78, 5) is 46.8. The smallest absolute Gasteiger partial charge is 0.270 e. The first-order chi connectivity index (χ1) is 19.4. The molecule has 0 saturated carbocycles. The Morgan fingerprint density at radius 3 is 2.45 bits per heavy atom. The van der Waals surface area contributed by atoms with E-state index in [-0.39, 0.29) is 23.6 Å². The number of nitriles is 1. The van der Waals surface area contributed by atoms with Gasteiger partial charge in [-0.3, -0.25) is 23.9 Å². The summed E-state index contributed by atoms with van der Waals surface area (Å²) in [5.41, 5.74) is 0.772. The van der Waals surface area contributed by atoms with Crippen molar-refractivity contribution in [3.8, 4) is 6.07 Å². The predicted octanol–water partition coefficient (Wildman–Crippen LogP) is 0.746. The van der Waals surface area contributed by atoms with Gasteiger partial charge in [-0.25, -0.2) is 4.98 Å². The van der Waals surface area contributed by atoms with E-state index in [0.717, 1.165) is 37.5 Å². The van der Waals surface area contributed by atoms with Crippen LogP contribution < -0.4 is 35.6 Å². The maximum Gasteiger partial charge on any atom is 0.270 e. The van der Waals surface area contributed by atoms with Gasteiger partial charge in [0.1, 0.15) is 26.9 Å². The van der Waals surface area contributed by atoms with Crippen LogP contribution in [0.15, 0.2) is 53.3 Å². The highest BCUT2D eigenvalue weighted by Gasteiger charge is 2.19. The van der Waals surface area contributed by atoms with Gasteiger partial charge in [0.15, 0.2) is 5.57 Å². The number of amides is 2. The van der Waals surface area contributed by atoms with Gasteiger partial charge in [0, 0.05) is 51.2 Å². The summed E-state index contributed by atoms with van der Waals surface area (Å²) in [5.74, 6) is 0.150. The van der Waals surface area contributed by atoms with E-state index >= 15 is 0 Å². The third-order valence-electron chi connectivity index (χ3n) is 6.34. The van der Waals surface area contributed by atoms with E-state index in [0.29, 0.717) is 33.9 Å². The van der Waals surface area contributed by atoms with Crippen molar-refractivity contribution >= 4 is 52.2 Å². The zero-order valence-corrected chi connectivity index (χ0v) is 23.3.